The van der Waals surface area contributed by atoms with Gasteiger partial charge in [0.25, 0.3) is 0 Å². The quantitative estimate of drug-likeness (QED) is 0.591. The standard InChI is InChI=1S/C21H24N4O4S/c1-4-16-9-5-6-11-18(16)25(30(3,27)28)14-19(26)22-13-20-23-21(24-29-20)17-10-7-8-15(2)12-17/h5-12H,4,13-14H2,1-3H3,(H,22,26). The van der Waals surface area contributed by atoms with Gasteiger partial charge in [-0.15, -0.1) is 0 Å². The Bertz CT molecular complexity index is 1140. The number of para-hydroxylation sites is 1. The Morgan fingerprint density at radius 1 is 1.17 bits per heavy atom. The molecule has 2 aromatic carbocycles. The number of amides is 1. The van der Waals surface area contributed by atoms with Crippen molar-refractivity contribution in [3.8, 4) is 11.4 Å². The van der Waals surface area contributed by atoms with Crippen LogP contribution < -0.4 is 9.62 Å². The summed E-state index contributed by atoms with van der Waals surface area (Å²) in [5.74, 6) is 0.193. The molecule has 158 valence electrons. The van der Waals surface area contributed by atoms with Gasteiger partial charge in [-0.05, 0) is 31.0 Å². The van der Waals surface area contributed by atoms with Crippen LogP contribution in [-0.2, 0) is 27.8 Å². The molecule has 1 N–H and O–H groups in total. The average molecular weight is 429 g/mol. The van der Waals surface area contributed by atoms with Gasteiger partial charge < -0.3 is 9.84 Å². The van der Waals surface area contributed by atoms with Gasteiger partial charge in [-0.1, -0.05) is 54.0 Å². The number of aromatic nitrogens is 2. The maximum atomic E-state index is 12.5. The minimum Gasteiger partial charge on any atom is -0.345 e. The Balaban J connectivity index is 1.68. The van der Waals surface area contributed by atoms with Crippen molar-refractivity contribution in [1.82, 2.24) is 15.5 Å². The van der Waals surface area contributed by atoms with Crippen LogP contribution >= 0.6 is 0 Å². The number of nitrogens with one attached hydrogen (secondary N) is 1. The lowest BCUT2D eigenvalue weighted by Crippen LogP contribution is -2.40. The Morgan fingerprint density at radius 3 is 2.63 bits per heavy atom. The highest BCUT2D eigenvalue weighted by molar-refractivity contribution is 7.92. The molecule has 0 aliphatic heterocycles. The zero-order chi connectivity index (χ0) is 21.7. The van der Waals surface area contributed by atoms with E-state index in [-0.39, 0.29) is 19.0 Å². The molecule has 3 rings (SSSR count). The molecule has 0 saturated carbocycles. The number of carbonyl (C=O) groups is 1. The third-order valence-corrected chi connectivity index (χ3v) is 5.64. The lowest BCUT2D eigenvalue weighted by atomic mass is 10.1. The molecule has 1 aromatic heterocycles. The first kappa shape index (κ1) is 21.5. The number of nitrogens with zero attached hydrogens (tertiary/aromatic N) is 3. The number of hydrogen-bond donors (Lipinski definition) is 1. The fourth-order valence-corrected chi connectivity index (χ4v) is 3.91. The van der Waals surface area contributed by atoms with Gasteiger partial charge in [0.2, 0.25) is 27.6 Å². The number of carbonyl (C=O) groups excluding carboxylic acids is 1. The molecule has 3 aromatic rings. The average Bonchev–Trinajstić information content (AvgIpc) is 3.19. The topological polar surface area (TPSA) is 105 Å². The molecule has 8 nitrogen and oxygen atoms in total. The highest BCUT2D eigenvalue weighted by Crippen LogP contribution is 2.23. The molecule has 1 amide bonds. The van der Waals surface area contributed by atoms with Crippen LogP contribution in [0.4, 0.5) is 5.69 Å². The smallest absolute Gasteiger partial charge is 0.246 e. The van der Waals surface area contributed by atoms with Gasteiger partial charge >= 0.3 is 0 Å². The maximum Gasteiger partial charge on any atom is 0.246 e. The zero-order valence-electron chi connectivity index (χ0n) is 17.1. The summed E-state index contributed by atoms with van der Waals surface area (Å²) in [6.07, 6.45) is 1.73. The van der Waals surface area contributed by atoms with E-state index in [4.69, 9.17) is 4.52 Å². The monoisotopic (exact) mass is 428 g/mol. The van der Waals surface area contributed by atoms with Gasteiger partial charge in [-0.3, -0.25) is 9.10 Å². The predicted molar refractivity (Wildman–Crippen MR) is 114 cm³/mol. The fraction of sp³-hybridized carbons (Fsp3) is 0.286. The number of anilines is 1. The molecule has 0 radical (unpaired) electrons. The van der Waals surface area contributed by atoms with Gasteiger partial charge in [0.1, 0.15) is 6.54 Å². The van der Waals surface area contributed by atoms with Crippen molar-refractivity contribution in [3.63, 3.8) is 0 Å². The van der Waals surface area contributed by atoms with Crippen LogP contribution in [0.5, 0.6) is 0 Å². The molecular weight excluding hydrogens is 404 g/mol. The van der Waals surface area contributed by atoms with E-state index in [2.05, 4.69) is 15.5 Å². The summed E-state index contributed by atoms with van der Waals surface area (Å²) >= 11 is 0. The van der Waals surface area contributed by atoms with E-state index in [1.807, 2.05) is 50.2 Å². The molecule has 0 saturated heterocycles. The van der Waals surface area contributed by atoms with Crippen LogP contribution in [0.3, 0.4) is 0 Å². The molecule has 0 spiro atoms. The molecule has 0 bridgehead atoms. The fourth-order valence-electron chi connectivity index (χ4n) is 3.02. The van der Waals surface area contributed by atoms with Crippen molar-refractivity contribution in [3.05, 3.63) is 65.5 Å². The molecule has 9 heteroatoms. The summed E-state index contributed by atoms with van der Waals surface area (Å²) in [5, 5.41) is 6.58. The van der Waals surface area contributed by atoms with Crippen molar-refractivity contribution in [2.45, 2.75) is 26.8 Å². The van der Waals surface area contributed by atoms with Gasteiger partial charge in [-0.2, -0.15) is 4.98 Å². The molecule has 0 unspecified atom stereocenters. The van der Waals surface area contributed by atoms with Crippen molar-refractivity contribution in [2.75, 3.05) is 17.1 Å². The number of sulfonamides is 1. The number of rotatable bonds is 8. The van der Waals surface area contributed by atoms with Crippen LogP contribution in [0.1, 0.15) is 23.9 Å². The number of benzene rings is 2. The summed E-state index contributed by atoms with van der Waals surface area (Å²) in [5.41, 5.74) is 3.23. The third-order valence-electron chi connectivity index (χ3n) is 4.51. The molecular formula is C21H24N4O4S. The maximum absolute atomic E-state index is 12.5. The van der Waals surface area contributed by atoms with Crippen molar-refractivity contribution in [2.24, 2.45) is 0 Å². The minimum atomic E-state index is -3.64. The van der Waals surface area contributed by atoms with Crippen LogP contribution in [-0.4, -0.2) is 37.3 Å². The first-order valence-corrected chi connectivity index (χ1v) is 11.3. The van der Waals surface area contributed by atoms with E-state index in [0.717, 1.165) is 27.3 Å². The molecule has 0 aliphatic carbocycles. The van der Waals surface area contributed by atoms with Gasteiger partial charge in [0.05, 0.1) is 18.5 Å². The van der Waals surface area contributed by atoms with Gasteiger partial charge in [0.15, 0.2) is 0 Å². The van der Waals surface area contributed by atoms with Crippen LogP contribution in [0.25, 0.3) is 11.4 Å². The highest BCUT2D eigenvalue weighted by atomic mass is 32.2. The van der Waals surface area contributed by atoms with Crippen LogP contribution in [0, 0.1) is 6.92 Å². The summed E-state index contributed by atoms with van der Waals surface area (Å²) in [7, 11) is -3.64. The van der Waals surface area contributed by atoms with Crippen molar-refractivity contribution in [1.29, 1.82) is 0 Å². The lowest BCUT2D eigenvalue weighted by Gasteiger charge is -2.24. The normalized spacial score (nSPS) is 11.3. The summed E-state index contributed by atoms with van der Waals surface area (Å²) in [6, 6.07) is 14.8. The van der Waals surface area contributed by atoms with Crippen LogP contribution in [0.15, 0.2) is 53.1 Å². The third kappa shape index (κ3) is 5.24. The Labute approximate surface area is 176 Å². The molecule has 0 aliphatic rings. The number of hydrogen-bond acceptors (Lipinski definition) is 6. The second-order valence-electron chi connectivity index (χ2n) is 6.91. The first-order chi connectivity index (χ1) is 14.3. The Hall–Kier alpha value is -3.20. The summed E-state index contributed by atoms with van der Waals surface area (Å²) in [4.78, 5) is 16.7. The van der Waals surface area contributed by atoms with E-state index >= 15 is 0 Å². The number of aryl methyl sites for hydroxylation is 2. The summed E-state index contributed by atoms with van der Waals surface area (Å²) in [6.45, 7) is 3.56. The molecule has 0 fully saturated rings. The first-order valence-electron chi connectivity index (χ1n) is 9.50. The summed E-state index contributed by atoms with van der Waals surface area (Å²) < 4.78 is 30.9. The van der Waals surface area contributed by atoms with Crippen molar-refractivity contribution < 1.29 is 17.7 Å². The van der Waals surface area contributed by atoms with E-state index < -0.39 is 15.9 Å². The van der Waals surface area contributed by atoms with E-state index in [1.165, 1.54) is 0 Å². The van der Waals surface area contributed by atoms with Crippen molar-refractivity contribution >= 4 is 21.6 Å². The van der Waals surface area contributed by atoms with Gasteiger partial charge in [0, 0.05) is 5.56 Å². The van der Waals surface area contributed by atoms with E-state index in [0.29, 0.717) is 17.9 Å². The molecule has 30 heavy (non-hydrogen) atoms. The predicted octanol–water partition coefficient (Wildman–Crippen LogP) is 2.69. The highest BCUT2D eigenvalue weighted by Gasteiger charge is 2.23. The lowest BCUT2D eigenvalue weighted by molar-refractivity contribution is -0.119. The second kappa shape index (κ2) is 9.08. The SMILES string of the molecule is CCc1ccccc1N(CC(=O)NCc1nc(-c2cccc(C)c2)no1)S(C)(=O)=O. The molecule has 0 atom stereocenters. The van der Waals surface area contributed by atoms with Gasteiger partial charge in [-0.25, -0.2) is 8.42 Å². The Kier molecular flexibility index (Phi) is 6.51. The second-order valence-corrected chi connectivity index (χ2v) is 8.82. The van der Waals surface area contributed by atoms with E-state index in [9.17, 15) is 13.2 Å². The van der Waals surface area contributed by atoms with Crippen LogP contribution in [0.2, 0.25) is 0 Å². The molecule has 1 heterocycles. The minimum absolute atomic E-state index is 0.00464. The Morgan fingerprint density at radius 2 is 1.93 bits per heavy atom. The zero-order valence-corrected chi connectivity index (χ0v) is 17.9. The van der Waals surface area contributed by atoms with E-state index in [1.54, 1.807) is 12.1 Å². The largest absolute Gasteiger partial charge is 0.345 e.